The summed E-state index contributed by atoms with van der Waals surface area (Å²) in [5, 5.41) is 3.28. The number of allylic oxidation sites excluding steroid dienone is 1. The molecule has 1 N–H and O–H groups in total. The number of carbonyl (C=O) groups excluding carboxylic acids is 1. The number of esters is 1. The molecule has 0 aromatic carbocycles. The lowest BCUT2D eigenvalue weighted by Gasteiger charge is -2.43. The second kappa shape index (κ2) is 11.6. The van der Waals surface area contributed by atoms with Gasteiger partial charge in [0.15, 0.2) is 0 Å². The fraction of sp³-hybridized carbons (Fsp3) is 0.875. The minimum atomic E-state index is -0.328. The van der Waals surface area contributed by atoms with Gasteiger partial charge in [0.05, 0.1) is 18.8 Å². The van der Waals surface area contributed by atoms with Crippen molar-refractivity contribution in [3.63, 3.8) is 0 Å². The molecular weight excluding hydrogens is 382 g/mol. The molecule has 7 atom stereocenters. The van der Waals surface area contributed by atoms with Gasteiger partial charge in [-0.2, -0.15) is 0 Å². The van der Waals surface area contributed by atoms with Crippen LogP contribution >= 0.6 is 0 Å². The monoisotopic (exact) mass is 425 g/mol. The topological polar surface area (TPSA) is 69.3 Å². The third-order valence-corrected chi connectivity index (χ3v) is 6.68. The molecule has 1 heterocycles. The van der Waals surface area contributed by atoms with Gasteiger partial charge in [-0.15, -0.1) is 0 Å². The lowest BCUT2D eigenvalue weighted by molar-refractivity contribution is -0.177. The van der Waals surface area contributed by atoms with Crippen LogP contribution in [0.15, 0.2) is 11.6 Å². The van der Waals surface area contributed by atoms with Crippen LogP contribution in [0.5, 0.6) is 0 Å². The van der Waals surface area contributed by atoms with E-state index >= 15 is 0 Å². The summed E-state index contributed by atoms with van der Waals surface area (Å²) in [6, 6.07) is 0.308. The fourth-order valence-electron chi connectivity index (χ4n) is 4.77. The number of ether oxygens (including phenoxy) is 4. The van der Waals surface area contributed by atoms with E-state index in [9.17, 15) is 4.79 Å². The van der Waals surface area contributed by atoms with Crippen LogP contribution in [0.25, 0.3) is 0 Å². The highest BCUT2D eigenvalue weighted by atomic mass is 16.6. The Hall–Kier alpha value is -0.950. The number of hydrogen-bond donors (Lipinski definition) is 1. The lowest BCUT2D eigenvalue weighted by Crippen LogP contribution is -2.54. The van der Waals surface area contributed by atoms with Gasteiger partial charge in [-0.05, 0) is 53.4 Å². The lowest BCUT2D eigenvalue weighted by atomic mass is 9.73. The molecule has 0 aromatic heterocycles. The number of unbranched alkanes of at least 4 members (excludes halogenated alkanes) is 1. The zero-order valence-electron chi connectivity index (χ0n) is 20.0. The Morgan fingerprint density at radius 3 is 2.53 bits per heavy atom. The smallest absolute Gasteiger partial charge is 0.320 e. The Labute approximate surface area is 183 Å². The summed E-state index contributed by atoms with van der Waals surface area (Å²) in [5.41, 5.74) is 0.959. The zero-order valence-corrected chi connectivity index (χ0v) is 20.0. The van der Waals surface area contributed by atoms with E-state index in [4.69, 9.17) is 18.9 Å². The number of rotatable bonds is 12. The average Bonchev–Trinajstić information content (AvgIpc) is 3.39. The molecule has 0 spiro atoms. The van der Waals surface area contributed by atoms with Gasteiger partial charge in [0.2, 0.25) is 0 Å². The van der Waals surface area contributed by atoms with Crippen molar-refractivity contribution in [2.24, 2.45) is 5.92 Å². The summed E-state index contributed by atoms with van der Waals surface area (Å²) < 4.78 is 23.8. The molecule has 1 unspecified atom stereocenters. The molecule has 1 saturated carbocycles. The minimum Gasteiger partial charge on any atom is -0.459 e. The van der Waals surface area contributed by atoms with Gasteiger partial charge in [-0.1, -0.05) is 31.4 Å². The Morgan fingerprint density at radius 2 is 1.93 bits per heavy atom. The van der Waals surface area contributed by atoms with E-state index in [0.717, 1.165) is 38.5 Å². The molecule has 6 heteroatoms. The van der Waals surface area contributed by atoms with Crippen LogP contribution in [0.2, 0.25) is 0 Å². The molecule has 0 aromatic rings. The molecule has 174 valence electrons. The summed E-state index contributed by atoms with van der Waals surface area (Å²) in [4.78, 5) is 12.5. The molecule has 30 heavy (non-hydrogen) atoms. The maximum atomic E-state index is 12.5. The first-order chi connectivity index (χ1) is 14.3. The first kappa shape index (κ1) is 25.3. The summed E-state index contributed by atoms with van der Waals surface area (Å²) in [7, 11) is 3.44. The van der Waals surface area contributed by atoms with E-state index < -0.39 is 0 Å². The molecule has 0 radical (unpaired) electrons. The molecule has 1 saturated heterocycles. The van der Waals surface area contributed by atoms with Gasteiger partial charge in [0.1, 0.15) is 17.8 Å². The summed E-state index contributed by atoms with van der Waals surface area (Å²) in [6.45, 7) is 10.9. The van der Waals surface area contributed by atoms with Crippen molar-refractivity contribution in [1.29, 1.82) is 0 Å². The molecule has 2 rings (SSSR count). The van der Waals surface area contributed by atoms with Gasteiger partial charge in [0, 0.05) is 26.2 Å². The second-order valence-corrected chi connectivity index (χ2v) is 9.34. The van der Waals surface area contributed by atoms with Crippen molar-refractivity contribution in [2.45, 2.75) is 109 Å². The Morgan fingerprint density at radius 1 is 1.23 bits per heavy atom. The van der Waals surface area contributed by atoms with Crippen molar-refractivity contribution < 1.29 is 23.7 Å². The van der Waals surface area contributed by atoms with Crippen LogP contribution in [0, 0.1) is 5.92 Å². The number of hydrogen-bond acceptors (Lipinski definition) is 6. The molecule has 6 nitrogen and oxygen atoms in total. The zero-order chi connectivity index (χ0) is 22.3. The number of carbonyl (C=O) groups is 1. The predicted octanol–water partition coefficient (Wildman–Crippen LogP) is 4.02. The van der Waals surface area contributed by atoms with E-state index in [2.05, 4.69) is 46.0 Å². The molecular formula is C24H43NO5. The summed E-state index contributed by atoms with van der Waals surface area (Å²) in [5.74, 6) is -0.200. The van der Waals surface area contributed by atoms with Crippen LogP contribution in [0.3, 0.4) is 0 Å². The first-order valence-electron chi connectivity index (χ1n) is 11.6. The highest BCUT2D eigenvalue weighted by Crippen LogP contribution is 2.51. The van der Waals surface area contributed by atoms with Crippen molar-refractivity contribution in [2.75, 3.05) is 20.8 Å². The maximum absolute atomic E-state index is 12.5. The number of methoxy groups -OCH3 is 2. The Balaban J connectivity index is 1.99. The summed E-state index contributed by atoms with van der Waals surface area (Å²) in [6.07, 6.45) is 7.68. The predicted molar refractivity (Wildman–Crippen MR) is 119 cm³/mol. The van der Waals surface area contributed by atoms with Crippen molar-refractivity contribution in [1.82, 2.24) is 5.32 Å². The highest BCUT2D eigenvalue weighted by molar-refractivity contribution is 5.72. The van der Waals surface area contributed by atoms with Crippen molar-refractivity contribution in [3.8, 4) is 0 Å². The van der Waals surface area contributed by atoms with Crippen molar-refractivity contribution >= 4 is 5.97 Å². The standard InChI is InChI=1S/C24H43NO5/c1-8-9-10-17(4)25-15-21(26)29-19-13-12-18(27-6)22(23(19)28-7)24(5)20(30-24)14-11-16(2)3/h11,17-20,22-23,25H,8-10,12-15H2,1-7H3/t17?,18-,19-,20-,22-,23-,24+/m1/s1. The second-order valence-electron chi connectivity index (χ2n) is 9.34. The van der Waals surface area contributed by atoms with Crippen LogP contribution in [0.1, 0.15) is 73.1 Å². The fourth-order valence-corrected chi connectivity index (χ4v) is 4.77. The quantitative estimate of drug-likeness (QED) is 0.289. The van der Waals surface area contributed by atoms with E-state index in [-0.39, 0.29) is 48.4 Å². The molecule has 0 bridgehead atoms. The number of epoxide rings is 1. The third kappa shape index (κ3) is 6.52. The van der Waals surface area contributed by atoms with Crippen LogP contribution in [-0.4, -0.2) is 62.8 Å². The SMILES string of the molecule is CCCCC(C)NCC(=O)O[C@@H]1CC[C@@H](OC)[C@@H]([C@@]2(C)O[C@@H]2CC=C(C)C)[C@@H]1OC. The molecule has 2 aliphatic rings. The van der Waals surface area contributed by atoms with E-state index in [1.807, 2.05) is 0 Å². The van der Waals surface area contributed by atoms with Gasteiger partial charge in [-0.25, -0.2) is 0 Å². The average molecular weight is 426 g/mol. The third-order valence-electron chi connectivity index (χ3n) is 6.68. The Kier molecular flexibility index (Phi) is 9.79. The van der Waals surface area contributed by atoms with E-state index in [0.29, 0.717) is 6.04 Å². The first-order valence-corrected chi connectivity index (χ1v) is 11.6. The molecule has 0 amide bonds. The van der Waals surface area contributed by atoms with Crippen LogP contribution in [0.4, 0.5) is 0 Å². The van der Waals surface area contributed by atoms with Crippen molar-refractivity contribution in [3.05, 3.63) is 11.6 Å². The molecule has 1 aliphatic heterocycles. The Bertz CT molecular complexity index is 576. The highest BCUT2D eigenvalue weighted by Gasteiger charge is 2.63. The van der Waals surface area contributed by atoms with E-state index in [1.54, 1.807) is 14.2 Å². The largest absolute Gasteiger partial charge is 0.459 e. The van der Waals surface area contributed by atoms with Crippen LogP contribution < -0.4 is 5.32 Å². The normalized spacial score (nSPS) is 34.3. The minimum absolute atomic E-state index is 0.0195. The number of nitrogens with one attached hydrogen (secondary N) is 1. The molecule has 2 fully saturated rings. The van der Waals surface area contributed by atoms with E-state index in [1.165, 1.54) is 5.57 Å². The molecule has 1 aliphatic carbocycles. The van der Waals surface area contributed by atoms with Gasteiger partial charge in [-0.3, -0.25) is 4.79 Å². The maximum Gasteiger partial charge on any atom is 0.320 e. The van der Waals surface area contributed by atoms with Gasteiger partial charge in [0.25, 0.3) is 0 Å². The van der Waals surface area contributed by atoms with Crippen LogP contribution in [-0.2, 0) is 23.7 Å². The van der Waals surface area contributed by atoms with Gasteiger partial charge < -0.3 is 24.3 Å². The summed E-state index contributed by atoms with van der Waals surface area (Å²) >= 11 is 0. The van der Waals surface area contributed by atoms with Gasteiger partial charge >= 0.3 is 5.97 Å².